The second kappa shape index (κ2) is 12.9. The first-order valence-electron chi connectivity index (χ1n) is 17.1. The van der Waals surface area contributed by atoms with Crippen molar-refractivity contribution in [2.75, 3.05) is 51.3 Å². The molecule has 1 N–H and O–H groups in total. The molecular formula is C37H36F3N9O3. The van der Waals surface area contributed by atoms with Crippen LogP contribution in [0.5, 0.6) is 5.88 Å². The highest BCUT2D eigenvalue weighted by Gasteiger charge is 2.51. The van der Waals surface area contributed by atoms with Gasteiger partial charge in [0.15, 0.2) is 5.82 Å². The van der Waals surface area contributed by atoms with Gasteiger partial charge in [0.25, 0.3) is 0 Å². The molecule has 8 rings (SSSR count). The Morgan fingerprint density at radius 2 is 1.79 bits per heavy atom. The molecule has 52 heavy (non-hydrogen) atoms. The highest BCUT2D eigenvalue weighted by molar-refractivity contribution is 6.03. The van der Waals surface area contributed by atoms with Gasteiger partial charge in [0, 0.05) is 61.6 Å². The highest BCUT2D eigenvalue weighted by Crippen LogP contribution is 2.44. The maximum atomic E-state index is 14.0. The van der Waals surface area contributed by atoms with Gasteiger partial charge in [0.05, 0.1) is 24.6 Å². The predicted molar refractivity (Wildman–Crippen MR) is 187 cm³/mol. The van der Waals surface area contributed by atoms with E-state index in [-0.39, 0.29) is 23.9 Å². The summed E-state index contributed by atoms with van der Waals surface area (Å²) in [5.74, 6) is 0.205. The number of nitrogens with one attached hydrogen (secondary N) is 1. The largest absolute Gasteiger partial charge is 0.481 e. The minimum Gasteiger partial charge on any atom is -0.481 e. The van der Waals surface area contributed by atoms with E-state index in [9.17, 15) is 22.8 Å². The summed E-state index contributed by atoms with van der Waals surface area (Å²) < 4.78 is 47.7. The molecule has 1 spiro atoms. The SMILES string of the molecule is COc1ncc(-c2n[nH]c3ccc(N4CC[C@]5(CCN(CC(=O)N6CC=C(c7ccc(-c8ncn(C)n8)cc7)CC6)C5)C4=O)cc23)cc1C(F)(F)F. The Morgan fingerprint density at radius 3 is 2.50 bits per heavy atom. The molecule has 0 bridgehead atoms. The van der Waals surface area contributed by atoms with Crippen LogP contribution >= 0.6 is 0 Å². The first-order chi connectivity index (χ1) is 25.0. The number of fused-ring (bicyclic) bond motifs is 1. The van der Waals surface area contributed by atoms with E-state index in [1.807, 2.05) is 30.1 Å². The minimum atomic E-state index is -4.66. The Bertz CT molecular complexity index is 2210. The van der Waals surface area contributed by atoms with Gasteiger partial charge in [-0.15, -0.1) is 0 Å². The Labute approximate surface area is 296 Å². The Morgan fingerprint density at radius 1 is 1.00 bits per heavy atom. The molecule has 3 aromatic heterocycles. The number of rotatable bonds is 7. The standard InChI is InChI=1S/C37H36F3N9O3/c1-46-22-42-33(45-46)25-5-3-23(4-6-25)24-9-13-48(14-10-24)31(50)20-47-15-11-36(21-47)12-16-49(35(36)51)27-7-8-30-28(18-27)32(44-43-30)26-17-29(37(38,39)40)34(52-2)41-19-26/h3-9,17-19,22H,10-16,20-21H2,1-2H3,(H,43,44)/t36-/m0/s1. The lowest BCUT2D eigenvalue weighted by molar-refractivity contribution is -0.139. The van der Waals surface area contributed by atoms with Crippen molar-refractivity contribution >= 4 is 34.0 Å². The smallest absolute Gasteiger partial charge is 0.421 e. The molecule has 0 saturated carbocycles. The number of pyridine rings is 1. The Balaban J connectivity index is 0.911. The topological polar surface area (TPSA) is 125 Å². The van der Waals surface area contributed by atoms with Gasteiger partial charge in [0.2, 0.25) is 17.7 Å². The maximum Gasteiger partial charge on any atom is 0.421 e. The number of H-pyrrole nitrogens is 1. The van der Waals surface area contributed by atoms with Crippen molar-refractivity contribution in [2.24, 2.45) is 12.5 Å². The van der Waals surface area contributed by atoms with Gasteiger partial charge in [-0.05, 0) is 61.2 Å². The molecule has 3 aliphatic rings. The van der Waals surface area contributed by atoms with Crippen LogP contribution in [0.3, 0.4) is 0 Å². The summed E-state index contributed by atoms with van der Waals surface area (Å²) in [6.07, 6.45) is 2.47. The number of halogens is 3. The van der Waals surface area contributed by atoms with E-state index >= 15 is 0 Å². The van der Waals surface area contributed by atoms with Crippen LogP contribution in [0.2, 0.25) is 0 Å². The minimum absolute atomic E-state index is 0.00675. The second-order valence-corrected chi connectivity index (χ2v) is 13.7. The summed E-state index contributed by atoms with van der Waals surface area (Å²) >= 11 is 0. The van der Waals surface area contributed by atoms with Crippen molar-refractivity contribution < 1.29 is 27.5 Å². The molecule has 2 fully saturated rings. The summed E-state index contributed by atoms with van der Waals surface area (Å²) in [6.45, 7) is 3.06. The molecule has 6 heterocycles. The van der Waals surface area contributed by atoms with Gasteiger partial charge >= 0.3 is 6.18 Å². The molecule has 0 unspecified atom stereocenters. The monoisotopic (exact) mass is 711 g/mol. The molecule has 15 heteroatoms. The normalized spacial score (nSPS) is 19.6. The molecule has 2 saturated heterocycles. The summed E-state index contributed by atoms with van der Waals surface area (Å²) in [7, 11) is 2.98. The molecule has 268 valence electrons. The maximum absolute atomic E-state index is 14.0. The average molecular weight is 712 g/mol. The van der Waals surface area contributed by atoms with E-state index in [0.29, 0.717) is 73.7 Å². The number of likely N-dealkylation sites (tertiary alicyclic amines) is 1. The number of carbonyl (C=O) groups excluding carboxylic acids is 2. The zero-order chi connectivity index (χ0) is 36.2. The fraction of sp³-hybridized carbons (Fsp3) is 0.351. The third kappa shape index (κ3) is 6.08. The van der Waals surface area contributed by atoms with Gasteiger partial charge < -0.3 is 14.5 Å². The van der Waals surface area contributed by atoms with Crippen LogP contribution < -0.4 is 9.64 Å². The summed E-state index contributed by atoms with van der Waals surface area (Å²) in [4.78, 5) is 41.3. The number of carbonyl (C=O) groups is 2. The lowest BCUT2D eigenvalue weighted by Gasteiger charge is -2.29. The molecule has 2 aromatic carbocycles. The summed E-state index contributed by atoms with van der Waals surface area (Å²) in [6, 6.07) is 14.5. The van der Waals surface area contributed by atoms with Gasteiger partial charge in [0.1, 0.15) is 17.6 Å². The molecular weight excluding hydrogens is 675 g/mol. The van der Waals surface area contributed by atoms with Crippen molar-refractivity contribution in [1.29, 1.82) is 0 Å². The molecule has 5 aromatic rings. The van der Waals surface area contributed by atoms with Crippen molar-refractivity contribution in [3.05, 3.63) is 78.3 Å². The number of benzene rings is 2. The fourth-order valence-corrected chi connectivity index (χ4v) is 7.63. The summed E-state index contributed by atoms with van der Waals surface area (Å²) in [5.41, 5.74) is 3.40. The molecule has 0 radical (unpaired) electrons. The van der Waals surface area contributed by atoms with Crippen LogP contribution in [0.15, 0.2) is 67.1 Å². The van der Waals surface area contributed by atoms with E-state index in [4.69, 9.17) is 4.74 Å². The van der Waals surface area contributed by atoms with Crippen LogP contribution in [0, 0.1) is 5.41 Å². The lowest BCUT2D eigenvalue weighted by atomic mass is 9.85. The number of hydrogen-bond donors (Lipinski definition) is 1. The van der Waals surface area contributed by atoms with Crippen molar-refractivity contribution in [3.63, 3.8) is 0 Å². The van der Waals surface area contributed by atoms with Crippen LogP contribution in [-0.2, 0) is 22.8 Å². The number of alkyl halides is 3. The Kier molecular flexibility index (Phi) is 8.32. The number of aromatic amines is 1. The quantitative estimate of drug-likeness (QED) is 0.245. The third-order valence-corrected chi connectivity index (χ3v) is 10.5. The van der Waals surface area contributed by atoms with Gasteiger partial charge in [-0.2, -0.15) is 23.4 Å². The predicted octanol–water partition coefficient (Wildman–Crippen LogP) is 5.19. The molecule has 3 aliphatic heterocycles. The van der Waals surface area contributed by atoms with Crippen LogP contribution in [0.1, 0.15) is 30.4 Å². The number of hydrogen-bond acceptors (Lipinski definition) is 8. The molecule has 2 amide bonds. The Hall–Kier alpha value is -5.57. The fourth-order valence-electron chi connectivity index (χ4n) is 7.63. The van der Waals surface area contributed by atoms with E-state index in [1.54, 1.807) is 28.0 Å². The van der Waals surface area contributed by atoms with E-state index < -0.39 is 23.0 Å². The molecule has 0 aliphatic carbocycles. The van der Waals surface area contributed by atoms with Gasteiger partial charge in [-0.25, -0.2) is 9.97 Å². The first kappa shape index (κ1) is 33.6. The number of aryl methyl sites for hydroxylation is 1. The van der Waals surface area contributed by atoms with Gasteiger partial charge in [-0.3, -0.25) is 24.3 Å². The number of ether oxygens (including phenoxy) is 1. The number of anilines is 1. The van der Waals surface area contributed by atoms with Crippen molar-refractivity contribution in [1.82, 2.24) is 39.7 Å². The van der Waals surface area contributed by atoms with Gasteiger partial charge in [-0.1, -0.05) is 30.3 Å². The van der Waals surface area contributed by atoms with Crippen molar-refractivity contribution in [2.45, 2.75) is 25.4 Å². The number of aromatic nitrogens is 6. The third-order valence-electron chi connectivity index (χ3n) is 10.5. The second-order valence-electron chi connectivity index (χ2n) is 13.7. The zero-order valence-electron chi connectivity index (χ0n) is 28.7. The van der Waals surface area contributed by atoms with Crippen molar-refractivity contribution in [3.8, 4) is 28.5 Å². The highest BCUT2D eigenvalue weighted by atomic mass is 19.4. The zero-order valence-corrected chi connectivity index (χ0v) is 28.7. The van der Waals surface area contributed by atoms with E-state index in [2.05, 4.69) is 48.4 Å². The number of amides is 2. The lowest BCUT2D eigenvalue weighted by Crippen LogP contribution is -2.43. The molecule has 12 nitrogen and oxygen atoms in total. The summed E-state index contributed by atoms with van der Waals surface area (Å²) in [5, 5.41) is 12.1. The van der Waals surface area contributed by atoms with Crippen LogP contribution in [-0.4, -0.2) is 97.9 Å². The van der Waals surface area contributed by atoms with Crippen LogP contribution in [0.4, 0.5) is 18.9 Å². The van der Waals surface area contributed by atoms with Crippen LogP contribution in [0.25, 0.3) is 39.1 Å². The first-order valence-corrected chi connectivity index (χ1v) is 17.1. The average Bonchev–Trinajstić information content (AvgIpc) is 3.95. The van der Waals surface area contributed by atoms with E-state index in [1.165, 1.54) is 11.8 Å². The van der Waals surface area contributed by atoms with E-state index in [0.717, 1.165) is 30.7 Å². The number of nitrogens with zero attached hydrogens (tertiary/aromatic N) is 8. The molecule has 1 atom stereocenters. The number of methoxy groups -OCH3 is 1.